The Bertz CT molecular complexity index is 1000. The minimum absolute atomic E-state index is 0.0104. The van der Waals surface area contributed by atoms with E-state index in [0.29, 0.717) is 11.5 Å². The van der Waals surface area contributed by atoms with Gasteiger partial charge in [-0.1, -0.05) is 37.5 Å². The maximum atomic E-state index is 12.9. The van der Waals surface area contributed by atoms with Crippen molar-refractivity contribution >= 4 is 27.7 Å². The molecule has 2 N–H and O–H groups in total. The summed E-state index contributed by atoms with van der Waals surface area (Å²) in [5.74, 6) is 1.29. The van der Waals surface area contributed by atoms with Crippen LogP contribution in [-0.4, -0.2) is 16.9 Å². The molecule has 3 atom stereocenters. The molecule has 2 aromatic carbocycles. The second-order valence-corrected chi connectivity index (χ2v) is 8.02. The number of carbonyl (C=O) groups excluding carboxylic acids is 1. The Morgan fingerprint density at radius 1 is 1.22 bits per heavy atom. The summed E-state index contributed by atoms with van der Waals surface area (Å²) in [5.41, 5.74) is 4.10. The molecule has 0 aliphatic heterocycles. The summed E-state index contributed by atoms with van der Waals surface area (Å²) in [5, 5.41) is 5.49. The van der Waals surface area contributed by atoms with Gasteiger partial charge >= 0.3 is 0 Å². The van der Waals surface area contributed by atoms with Crippen LogP contribution in [0.5, 0.6) is 0 Å². The number of aryl methyl sites for hydroxylation is 1. The van der Waals surface area contributed by atoms with Crippen LogP contribution in [0, 0.1) is 18.8 Å². The van der Waals surface area contributed by atoms with Crippen molar-refractivity contribution in [2.45, 2.75) is 45.6 Å². The maximum Gasteiger partial charge on any atom is 0.251 e. The van der Waals surface area contributed by atoms with Gasteiger partial charge in [0.1, 0.15) is 0 Å². The molecule has 27 heavy (non-hydrogen) atoms. The Kier molecular flexibility index (Phi) is 4.77. The summed E-state index contributed by atoms with van der Waals surface area (Å²) in [7, 11) is 0. The molecule has 4 rings (SSSR count). The van der Waals surface area contributed by atoms with Crippen LogP contribution in [0.2, 0.25) is 0 Å². The van der Waals surface area contributed by atoms with Crippen LogP contribution in [0.4, 0.5) is 0 Å². The van der Waals surface area contributed by atoms with Crippen molar-refractivity contribution in [2.24, 2.45) is 11.8 Å². The van der Waals surface area contributed by atoms with E-state index in [0.717, 1.165) is 22.3 Å². The number of H-pyrrole nitrogens is 1. The van der Waals surface area contributed by atoms with E-state index in [1.807, 2.05) is 24.3 Å². The summed E-state index contributed by atoms with van der Waals surface area (Å²) in [6.45, 7) is 8.32. The van der Waals surface area contributed by atoms with E-state index >= 15 is 0 Å². The van der Waals surface area contributed by atoms with Gasteiger partial charge in [-0.3, -0.25) is 4.79 Å². The van der Waals surface area contributed by atoms with Crippen molar-refractivity contribution in [1.82, 2.24) is 10.3 Å². The smallest absolute Gasteiger partial charge is 0.251 e. The number of aromatic nitrogens is 1. The van der Waals surface area contributed by atoms with Crippen molar-refractivity contribution in [1.29, 1.82) is 0 Å². The maximum absolute atomic E-state index is 12.9. The van der Waals surface area contributed by atoms with Gasteiger partial charge in [0.25, 0.3) is 5.91 Å². The molecule has 3 aromatic rings. The quantitative estimate of drug-likeness (QED) is 0.560. The van der Waals surface area contributed by atoms with Gasteiger partial charge in [0.2, 0.25) is 0 Å². The lowest BCUT2D eigenvalue weighted by atomic mass is 9.95. The molecule has 1 amide bonds. The molecule has 3 unspecified atom stereocenters. The molecule has 1 aromatic heterocycles. The highest BCUT2D eigenvalue weighted by atomic mass is 16.1. The second kappa shape index (κ2) is 7.22. The largest absolute Gasteiger partial charge is 0.355 e. The number of benzene rings is 2. The Morgan fingerprint density at radius 3 is 2.67 bits per heavy atom. The highest BCUT2D eigenvalue weighted by molar-refractivity contribution is 6.10. The number of carbonyl (C=O) groups is 1. The first-order chi connectivity index (χ1) is 13.1. The summed E-state index contributed by atoms with van der Waals surface area (Å²) in [6.07, 6.45) is 6.77. The molecule has 3 nitrogen and oxygen atoms in total. The van der Waals surface area contributed by atoms with Crippen molar-refractivity contribution in [3.05, 3.63) is 60.2 Å². The Balaban J connectivity index is 1.59. The van der Waals surface area contributed by atoms with Crippen LogP contribution >= 0.6 is 0 Å². The topological polar surface area (TPSA) is 44.9 Å². The SMILES string of the molecule is C=CC(NC(=O)c1ccc2[nH]c3ccc(C)cc3c2c1)C1CCC(CC)C1. The first-order valence-electron chi connectivity index (χ1n) is 10.0. The molecule has 1 fully saturated rings. The predicted molar refractivity (Wildman–Crippen MR) is 113 cm³/mol. The molecular weight excluding hydrogens is 332 g/mol. The number of hydrogen-bond acceptors (Lipinski definition) is 1. The fourth-order valence-corrected chi connectivity index (χ4v) is 4.57. The summed E-state index contributed by atoms with van der Waals surface area (Å²) in [4.78, 5) is 16.4. The van der Waals surface area contributed by atoms with Crippen LogP contribution < -0.4 is 5.32 Å². The molecule has 1 aliphatic rings. The lowest BCUT2D eigenvalue weighted by molar-refractivity contribution is 0.0933. The van der Waals surface area contributed by atoms with E-state index in [2.05, 4.69) is 48.9 Å². The van der Waals surface area contributed by atoms with Gasteiger partial charge in [0.15, 0.2) is 0 Å². The summed E-state index contributed by atoms with van der Waals surface area (Å²) in [6, 6.07) is 12.3. The van der Waals surface area contributed by atoms with Gasteiger partial charge in [0, 0.05) is 33.4 Å². The van der Waals surface area contributed by atoms with E-state index in [9.17, 15) is 4.79 Å². The fourth-order valence-electron chi connectivity index (χ4n) is 4.57. The van der Waals surface area contributed by atoms with Crippen molar-refractivity contribution < 1.29 is 4.79 Å². The van der Waals surface area contributed by atoms with Gasteiger partial charge in [-0.15, -0.1) is 6.58 Å². The molecule has 1 heterocycles. The molecule has 0 bridgehead atoms. The van der Waals surface area contributed by atoms with Crippen LogP contribution in [0.25, 0.3) is 21.8 Å². The van der Waals surface area contributed by atoms with Crippen LogP contribution in [0.3, 0.4) is 0 Å². The monoisotopic (exact) mass is 360 g/mol. The Morgan fingerprint density at radius 2 is 1.96 bits per heavy atom. The minimum Gasteiger partial charge on any atom is -0.355 e. The van der Waals surface area contributed by atoms with E-state index in [-0.39, 0.29) is 11.9 Å². The highest BCUT2D eigenvalue weighted by Crippen LogP contribution is 2.35. The number of aromatic amines is 1. The average Bonchev–Trinajstić information content (AvgIpc) is 3.29. The van der Waals surface area contributed by atoms with Gasteiger partial charge in [-0.05, 0) is 61.9 Å². The van der Waals surface area contributed by atoms with Crippen LogP contribution in [0.15, 0.2) is 49.1 Å². The molecule has 1 aliphatic carbocycles. The minimum atomic E-state index is -0.0104. The molecule has 140 valence electrons. The van der Waals surface area contributed by atoms with Crippen LogP contribution in [-0.2, 0) is 0 Å². The van der Waals surface area contributed by atoms with Gasteiger partial charge in [-0.2, -0.15) is 0 Å². The first-order valence-corrected chi connectivity index (χ1v) is 10.0. The van der Waals surface area contributed by atoms with E-state index < -0.39 is 0 Å². The molecule has 1 saturated carbocycles. The Hall–Kier alpha value is -2.55. The normalized spacial score (nSPS) is 20.8. The van der Waals surface area contributed by atoms with Gasteiger partial charge in [0.05, 0.1) is 0 Å². The molecule has 3 heteroatoms. The zero-order valence-electron chi connectivity index (χ0n) is 16.2. The lowest BCUT2D eigenvalue weighted by Gasteiger charge is -2.22. The zero-order chi connectivity index (χ0) is 19.0. The summed E-state index contributed by atoms with van der Waals surface area (Å²) >= 11 is 0. The van der Waals surface area contributed by atoms with E-state index in [1.165, 1.54) is 36.6 Å². The van der Waals surface area contributed by atoms with Gasteiger partial charge < -0.3 is 10.3 Å². The van der Waals surface area contributed by atoms with E-state index in [4.69, 9.17) is 0 Å². The van der Waals surface area contributed by atoms with Crippen molar-refractivity contribution in [3.8, 4) is 0 Å². The zero-order valence-corrected chi connectivity index (χ0v) is 16.2. The van der Waals surface area contributed by atoms with Crippen molar-refractivity contribution in [3.63, 3.8) is 0 Å². The molecule has 0 spiro atoms. The highest BCUT2D eigenvalue weighted by Gasteiger charge is 2.29. The number of nitrogens with one attached hydrogen (secondary N) is 2. The van der Waals surface area contributed by atoms with Gasteiger partial charge in [-0.25, -0.2) is 0 Å². The third-order valence-corrected chi connectivity index (χ3v) is 6.24. The number of rotatable bonds is 5. The van der Waals surface area contributed by atoms with Crippen LogP contribution in [0.1, 0.15) is 48.5 Å². The molecule has 0 radical (unpaired) electrons. The van der Waals surface area contributed by atoms with Crippen molar-refractivity contribution in [2.75, 3.05) is 0 Å². The molecule has 0 saturated heterocycles. The fraction of sp³-hybridized carbons (Fsp3) is 0.375. The summed E-state index contributed by atoms with van der Waals surface area (Å²) < 4.78 is 0. The lowest BCUT2D eigenvalue weighted by Crippen LogP contribution is -2.38. The number of hydrogen-bond donors (Lipinski definition) is 2. The molecular formula is C24H28N2O. The van der Waals surface area contributed by atoms with E-state index in [1.54, 1.807) is 0 Å². The number of fused-ring (bicyclic) bond motifs is 3. The standard InChI is InChI=1S/C24H28N2O/c1-4-16-7-8-17(13-16)21(5-2)26-24(27)18-9-11-23-20(14-18)19-12-15(3)6-10-22(19)25-23/h5-6,9-12,14,16-17,21,25H,2,4,7-8,13H2,1,3H3,(H,26,27). The average molecular weight is 361 g/mol. The number of amides is 1. The third-order valence-electron chi connectivity index (χ3n) is 6.24. The Labute approximate surface area is 160 Å². The second-order valence-electron chi connectivity index (χ2n) is 8.02. The predicted octanol–water partition coefficient (Wildman–Crippen LogP) is 5.74. The third kappa shape index (κ3) is 3.39. The first kappa shape index (κ1) is 17.8.